The number of nitrogens with two attached hydrogens (primary N) is 1. The van der Waals surface area contributed by atoms with Crippen molar-refractivity contribution in [1.82, 2.24) is 10.6 Å². The molecule has 0 aliphatic carbocycles. The Kier molecular flexibility index (Phi) is 9.18. The second kappa shape index (κ2) is 12.7. The van der Waals surface area contributed by atoms with Gasteiger partial charge in [0.25, 0.3) is 0 Å². The molecule has 5 N–H and O–H groups in total. The minimum absolute atomic E-state index is 0.0710. The maximum atomic E-state index is 12.9. The van der Waals surface area contributed by atoms with Gasteiger partial charge in [-0.25, -0.2) is 4.79 Å². The number of nitrogen functional groups attached to an aromatic ring is 1. The van der Waals surface area contributed by atoms with Gasteiger partial charge in [0.15, 0.2) is 0 Å². The van der Waals surface area contributed by atoms with Gasteiger partial charge < -0.3 is 21.1 Å². The zero-order valence-electron chi connectivity index (χ0n) is 20.1. The summed E-state index contributed by atoms with van der Waals surface area (Å²) in [6, 6.07) is 23.7. The molecule has 0 aliphatic heterocycles. The van der Waals surface area contributed by atoms with Crippen LogP contribution >= 0.6 is 0 Å². The van der Waals surface area contributed by atoms with Gasteiger partial charge in [0, 0.05) is 18.5 Å². The number of amides is 2. The number of nitrogens with zero attached hydrogens (tertiary/aromatic N) is 1. The van der Waals surface area contributed by atoms with E-state index in [0.717, 1.165) is 22.3 Å². The lowest BCUT2D eigenvalue weighted by Crippen LogP contribution is -2.48. The first-order valence-electron chi connectivity index (χ1n) is 11.6. The number of nitriles is 1. The number of hydrogen-bond acceptors (Lipinski definition) is 5. The standard InChI is InChI=1S/C28H29N5O3/c1-2-36-28(35)33-25(17-20-6-5-8-22(16-20)26(30)31)27(34)32-15-14-19-10-12-21(13-11-19)24-9-4-3-7-23(24)18-29/h3-13,16,25H,2,14-15,17H2,1H3,(H3,30,31)(H,32,34)(H,33,35)/t25-/m0/s1. The summed E-state index contributed by atoms with van der Waals surface area (Å²) in [5, 5.41) is 22.4. The van der Waals surface area contributed by atoms with E-state index in [9.17, 15) is 14.9 Å². The van der Waals surface area contributed by atoms with Crippen molar-refractivity contribution < 1.29 is 14.3 Å². The summed E-state index contributed by atoms with van der Waals surface area (Å²) in [6.07, 6.45) is 0.144. The Bertz CT molecular complexity index is 1260. The van der Waals surface area contributed by atoms with Crippen molar-refractivity contribution in [3.05, 3.63) is 95.1 Å². The molecule has 0 aliphatic rings. The predicted octanol–water partition coefficient (Wildman–Crippen LogP) is 3.53. The van der Waals surface area contributed by atoms with Crippen LogP contribution in [0.3, 0.4) is 0 Å². The summed E-state index contributed by atoms with van der Waals surface area (Å²) < 4.78 is 4.96. The number of carbonyl (C=O) groups excluding carboxylic acids is 2. The molecule has 0 fully saturated rings. The lowest BCUT2D eigenvalue weighted by Gasteiger charge is -2.19. The van der Waals surface area contributed by atoms with Gasteiger partial charge >= 0.3 is 6.09 Å². The van der Waals surface area contributed by atoms with Crippen LogP contribution < -0.4 is 16.4 Å². The smallest absolute Gasteiger partial charge is 0.407 e. The van der Waals surface area contributed by atoms with E-state index in [2.05, 4.69) is 16.7 Å². The Hall–Kier alpha value is -4.64. The zero-order valence-corrected chi connectivity index (χ0v) is 20.1. The molecule has 0 saturated carbocycles. The Morgan fingerprint density at radius 3 is 2.50 bits per heavy atom. The summed E-state index contributed by atoms with van der Waals surface area (Å²) in [6.45, 7) is 2.26. The topological polar surface area (TPSA) is 141 Å². The highest BCUT2D eigenvalue weighted by atomic mass is 16.5. The molecular formula is C28H29N5O3. The summed E-state index contributed by atoms with van der Waals surface area (Å²) in [5.74, 6) is -0.408. The summed E-state index contributed by atoms with van der Waals surface area (Å²) in [5.41, 5.74) is 10.3. The predicted molar refractivity (Wildman–Crippen MR) is 138 cm³/mol. The first kappa shape index (κ1) is 26.0. The maximum absolute atomic E-state index is 12.9. The van der Waals surface area contributed by atoms with Gasteiger partial charge in [-0.05, 0) is 47.7 Å². The fourth-order valence-corrected chi connectivity index (χ4v) is 3.76. The van der Waals surface area contributed by atoms with Crippen LogP contribution in [0, 0.1) is 16.7 Å². The van der Waals surface area contributed by atoms with Gasteiger partial charge in [0.2, 0.25) is 5.91 Å². The van der Waals surface area contributed by atoms with Crippen LogP contribution in [0.25, 0.3) is 11.1 Å². The minimum atomic E-state index is -0.851. The fraction of sp³-hybridized carbons (Fsp3) is 0.214. The van der Waals surface area contributed by atoms with Crippen molar-refractivity contribution in [3.63, 3.8) is 0 Å². The molecule has 36 heavy (non-hydrogen) atoms. The van der Waals surface area contributed by atoms with Gasteiger partial charge in [0.1, 0.15) is 11.9 Å². The third kappa shape index (κ3) is 7.18. The maximum Gasteiger partial charge on any atom is 0.407 e. The average molecular weight is 484 g/mol. The molecule has 3 rings (SSSR count). The molecule has 2 amide bonds. The van der Waals surface area contributed by atoms with E-state index in [1.54, 1.807) is 31.2 Å². The van der Waals surface area contributed by atoms with Crippen LogP contribution in [0.15, 0.2) is 72.8 Å². The molecule has 1 atom stereocenters. The molecule has 3 aromatic carbocycles. The van der Waals surface area contributed by atoms with E-state index >= 15 is 0 Å². The lowest BCUT2D eigenvalue weighted by atomic mass is 9.99. The SMILES string of the molecule is CCOC(=O)N[C@@H](Cc1cccc(C(=N)N)c1)C(=O)NCCc1ccc(-c2ccccc2C#N)cc1. The molecule has 0 heterocycles. The molecule has 8 nitrogen and oxygen atoms in total. The Morgan fingerprint density at radius 1 is 1.06 bits per heavy atom. The van der Waals surface area contributed by atoms with Crippen LogP contribution in [-0.4, -0.2) is 37.0 Å². The van der Waals surface area contributed by atoms with Crippen molar-refractivity contribution in [2.45, 2.75) is 25.8 Å². The lowest BCUT2D eigenvalue weighted by molar-refractivity contribution is -0.123. The van der Waals surface area contributed by atoms with Crippen LogP contribution in [-0.2, 0) is 22.4 Å². The molecule has 184 valence electrons. The summed E-state index contributed by atoms with van der Waals surface area (Å²) in [7, 11) is 0. The first-order chi connectivity index (χ1) is 17.4. The number of hydrogen-bond donors (Lipinski definition) is 4. The number of rotatable bonds is 10. The zero-order chi connectivity index (χ0) is 25.9. The van der Waals surface area contributed by atoms with Crippen molar-refractivity contribution in [2.24, 2.45) is 5.73 Å². The third-order valence-corrected chi connectivity index (χ3v) is 5.59. The largest absolute Gasteiger partial charge is 0.450 e. The monoisotopic (exact) mass is 483 g/mol. The number of alkyl carbamates (subject to hydrolysis) is 1. The van der Waals surface area contributed by atoms with Gasteiger partial charge in [-0.15, -0.1) is 0 Å². The summed E-state index contributed by atoms with van der Waals surface area (Å²) >= 11 is 0. The molecule has 8 heteroatoms. The van der Waals surface area contributed by atoms with E-state index in [1.807, 2.05) is 48.5 Å². The van der Waals surface area contributed by atoms with Crippen LogP contribution in [0.5, 0.6) is 0 Å². The van der Waals surface area contributed by atoms with E-state index in [-0.39, 0.29) is 24.8 Å². The van der Waals surface area contributed by atoms with Gasteiger partial charge in [0.05, 0.1) is 18.2 Å². The number of ether oxygens (including phenoxy) is 1. The van der Waals surface area contributed by atoms with Crippen molar-refractivity contribution in [1.29, 1.82) is 10.7 Å². The van der Waals surface area contributed by atoms with Gasteiger partial charge in [-0.2, -0.15) is 5.26 Å². The molecule has 0 spiro atoms. The number of benzene rings is 3. The molecular weight excluding hydrogens is 454 g/mol. The molecule has 3 aromatic rings. The fourth-order valence-electron chi connectivity index (χ4n) is 3.76. The second-order valence-electron chi connectivity index (χ2n) is 8.13. The van der Waals surface area contributed by atoms with Crippen molar-refractivity contribution in [3.8, 4) is 17.2 Å². The molecule has 0 bridgehead atoms. The van der Waals surface area contributed by atoms with Crippen LogP contribution in [0.2, 0.25) is 0 Å². The normalized spacial score (nSPS) is 11.1. The van der Waals surface area contributed by atoms with E-state index in [1.165, 1.54) is 0 Å². The molecule has 0 aromatic heterocycles. The van der Waals surface area contributed by atoms with E-state index in [4.69, 9.17) is 15.9 Å². The Balaban J connectivity index is 1.62. The minimum Gasteiger partial charge on any atom is -0.450 e. The Morgan fingerprint density at radius 2 is 1.81 bits per heavy atom. The highest BCUT2D eigenvalue weighted by Gasteiger charge is 2.22. The van der Waals surface area contributed by atoms with Crippen molar-refractivity contribution in [2.75, 3.05) is 13.2 Å². The van der Waals surface area contributed by atoms with E-state index in [0.29, 0.717) is 24.1 Å². The van der Waals surface area contributed by atoms with Crippen LogP contribution in [0.4, 0.5) is 4.79 Å². The van der Waals surface area contributed by atoms with E-state index < -0.39 is 12.1 Å². The molecule has 0 saturated heterocycles. The molecule has 0 radical (unpaired) electrons. The highest BCUT2D eigenvalue weighted by molar-refractivity contribution is 5.95. The average Bonchev–Trinajstić information content (AvgIpc) is 2.89. The quantitative estimate of drug-likeness (QED) is 0.258. The van der Waals surface area contributed by atoms with Gasteiger partial charge in [-0.1, -0.05) is 60.7 Å². The summed E-state index contributed by atoms with van der Waals surface area (Å²) in [4.78, 5) is 25.0. The number of carbonyl (C=O) groups is 2. The number of nitrogens with one attached hydrogen (secondary N) is 3. The van der Waals surface area contributed by atoms with Crippen molar-refractivity contribution >= 4 is 17.8 Å². The van der Waals surface area contributed by atoms with Gasteiger partial charge in [-0.3, -0.25) is 10.2 Å². The first-order valence-corrected chi connectivity index (χ1v) is 11.6. The highest BCUT2D eigenvalue weighted by Crippen LogP contribution is 2.23. The second-order valence-corrected chi connectivity index (χ2v) is 8.13. The molecule has 0 unspecified atom stereocenters. The van der Waals surface area contributed by atoms with Crippen LogP contribution in [0.1, 0.15) is 29.2 Å². The third-order valence-electron chi connectivity index (χ3n) is 5.59. The Labute approximate surface area is 210 Å². The number of amidine groups is 1.